The standard InChI is InChI=1S/C12H17N5OS/c1-7-10-11(16(3)15-7)14-12(19-10)17-5-4-9(6-17)13-8(2)18/h9H,4-6H2,1-3H3,(H,13,18)/t9-/m0/s1. The summed E-state index contributed by atoms with van der Waals surface area (Å²) in [5.74, 6) is 0.0381. The second-order valence-corrected chi connectivity index (χ2v) is 5.97. The molecule has 0 unspecified atom stereocenters. The van der Waals surface area contributed by atoms with Crippen molar-refractivity contribution in [3.8, 4) is 0 Å². The van der Waals surface area contributed by atoms with Crippen LogP contribution in [0.1, 0.15) is 19.0 Å². The van der Waals surface area contributed by atoms with Crippen molar-refractivity contribution in [1.82, 2.24) is 20.1 Å². The van der Waals surface area contributed by atoms with Crippen LogP contribution in [-0.4, -0.2) is 39.8 Å². The summed E-state index contributed by atoms with van der Waals surface area (Å²) in [6, 6.07) is 0.240. The number of rotatable bonds is 2. The molecule has 19 heavy (non-hydrogen) atoms. The Morgan fingerprint density at radius 2 is 2.32 bits per heavy atom. The molecule has 1 aliphatic rings. The van der Waals surface area contributed by atoms with E-state index >= 15 is 0 Å². The van der Waals surface area contributed by atoms with Crippen LogP contribution < -0.4 is 10.2 Å². The molecule has 102 valence electrons. The molecular weight excluding hydrogens is 262 g/mol. The zero-order valence-electron chi connectivity index (χ0n) is 11.3. The predicted octanol–water partition coefficient (Wildman–Crippen LogP) is 1.05. The van der Waals surface area contributed by atoms with Crippen LogP contribution in [0.15, 0.2) is 0 Å². The molecule has 0 aliphatic carbocycles. The van der Waals surface area contributed by atoms with E-state index in [4.69, 9.17) is 0 Å². The molecule has 0 bridgehead atoms. The van der Waals surface area contributed by atoms with E-state index in [9.17, 15) is 4.79 Å². The number of thiazole rings is 1. The van der Waals surface area contributed by atoms with E-state index in [1.54, 1.807) is 18.3 Å². The molecule has 1 N–H and O–H groups in total. The minimum atomic E-state index is 0.0381. The fraction of sp³-hybridized carbons (Fsp3) is 0.583. The second kappa shape index (κ2) is 4.48. The summed E-state index contributed by atoms with van der Waals surface area (Å²) in [6.07, 6.45) is 0.979. The lowest BCUT2D eigenvalue weighted by Gasteiger charge is -2.15. The fourth-order valence-corrected chi connectivity index (χ4v) is 3.62. The van der Waals surface area contributed by atoms with Crippen molar-refractivity contribution in [1.29, 1.82) is 0 Å². The minimum Gasteiger partial charge on any atom is -0.352 e. The zero-order chi connectivity index (χ0) is 13.6. The number of amides is 1. The summed E-state index contributed by atoms with van der Waals surface area (Å²) in [4.78, 5) is 18.0. The summed E-state index contributed by atoms with van der Waals surface area (Å²) >= 11 is 1.68. The summed E-state index contributed by atoms with van der Waals surface area (Å²) in [7, 11) is 1.92. The molecule has 1 aliphatic heterocycles. The Balaban J connectivity index is 1.82. The molecule has 1 saturated heterocycles. The lowest BCUT2D eigenvalue weighted by molar-refractivity contribution is -0.119. The number of carbonyl (C=O) groups is 1. The fourth-order valence-electron chi connectivity index (χ4n) is 2.55. The third kappa shape index (κ3) is 2.18. The van der Waals surface area contributed by atoms with Gasteiger partial charge in [-0.3, -0.25) is 4.79 Å². The summed E-state index contributed by atoms with van der Waals surface area (Å²) in [5.41, 5.74) is 1.97. The average molecular weight is 279 g/mol. The molecule has 1 atom stereocenters. The van der Waals surface area contributed by atoms with Crippen molar-refractivity contribution in [2.75, 3.05) is 18.0 Å². The van der Waals surface area contributed by atoms with Gasteiger partial charge >= 0.3 is 0 Å². The molecule has 0 spiro atoms. The van der Waals surface area contributed by atoms with Gasteiger partial charge in [0, 0.05) is 33.1 Å². The number of hydrogen-bond donors (Lipinski definition) is 1. The summed E-state index contributed by atoms with van der Waals surface area (Å²) < 4.78 is 2.98. The maximum Gasteiger partial charge on any atom is 0.217 e. The molecule has 0 radical (unpaired) electrons. The Labute approximate surface area is 115 Å². The van der Waals surface area contributed by atoms with Crippen molar-refractivity contribution in [2.45, 2.75) is 26.3 Å². The Bertz CT molecular complexity index is 597. The molecule has 1 amide bonds. The number of fused-ring (bicyclic) bond motifs is 1. The van der Waals surface area contributed by atoms with Gasteiger partial charge in [-0.15, -0.1) is 0 Å². The molecule has 7 heteroatoms. The number of nitrogens with zero attached hydrogens (tertiary/aromatic N) is 4. The highest BCUT2D eigenvalue weighted by atomic mass is 32.1. The molecule has 3 heterocycles. The minimum absolute atomic E-state index is 0.0381. The van der Waals surface area contributed by atoms with Gasteiger partial charge in [0.1, 0.15) is 0 Å². The first kappa shape index (κ1) is 12.4. The zero-order valence-corrected chi connectivity index (χ0v) is 12.1. The van der Waals surface area contributed by atoms with E-state index in [1.165, 1.54) is 0 Å². The Kier molecular flexibility index (Phi) is 2.93. The lowest BCUT2D eigenvalue weighted by Crippen LogP contribution is -2.35. The van der Waals surface area contributed by atoms with Crippen molar-refractivity contribution in [3.05, 3.63) is 5.69 Å². The van der Waals surface area contributed by atoms with Crippen LogP contribution in [0.25, 0.3) is 10.3 Å². The van der Waals surface area contributed by atoms with Crippen molar-refractivity contribution in [2.24, 2.45) is 7.05 Å². The van der Waals surface area contributed by atoms with E-state index in [2.05, 4.69) is 20.3 Å². The highest BCUT2D eigenvalue weighted by molar-refractivity contribution is 7.22. The first-order valence-corrected chi connectivity index (χ1v) is 7.18. The summed E-state index contributed by atoms with van der Waals surface area (Å²) in [6.45, 7) is 5.35. The van der Waals surface area contributed by atoms with Crippen LogP contribution in [0.5, 0.6) is 0 Å². The maximum atomic E-state index is 11.1. The second-order valence-electron chi connectivity index (χ2n) is 4.99. The third-order valence-corrected chi connectivity index (χ3v) is 4.61. The Morgan fingerprint density at radius 1 is 1.53 bits per heavy atom. The molecule has 0 aromatic carbocycles. The normalized spacial score (nSPS) is 19.3. The number of carbonyl (C=O) groups excluding carboxylic acids is 1. The maximum absolute atomic E-state index is 11.1. The monoisotopic (exact) mass is 279 g/mol. The number of aryl methyl sites for hydroxylation is 2. The van der Waals surface area contributed by atoms with Crippen molar-refractivity contribution >= 4 is 32.7 Å². The SMILES string of the molecule is CC(=O)N[C@H]1CCN(c2nc3c(s2)c(C)nn3C)C1. The van der Waals surface area contributed by atoms with E-state index in [0.29, 0.717) is 0 Å². The number of aromatic nitrogens is 3. The van der Waals surface area contributed by atoms with E-state index < -0.39 is 0 Å². The molecule has 1 fully saturated rings. The summed E-state index contributed by atoms with van der Waals surface area (Å²) in [5, 5.41) is 8.36. The predicted molar refractivity (Wildman–Crippen MR) is 75.6 cm³/mol. The lowest BCUT2D eigenvalue weighted by atomic mass is 10.3. The quantitative estimate of drug-likeness (QED) is 0.892. The van der Waals surface area contributed by atoms with Crippen LogP contribution >= 0.6 is 11.3 Å². The molecule has 0 saturated carbocycles. The van der Waals surface area contributed by atoms with Gasteiger partial charge in [0.2, 0.25) is 5.91 Å². The number of anilines is 1. The molecule has 2 aromatic rings. The van der Waals surface area contributed by atoms with Crippen LogP contribution in [0.4, 0.5) is 5.13 Å². The largest absolute Gasteiger partial charge is 0.352 e. The topological polar surface area (TPSA) is 63.1 Å². The Morgan fingerprint density at radius 3 is 3.00 bits per heavy atom. The van der Waals surface area contributed by atoms with Crippen molar-refractivity contribution in [3.63, 3.8) is 0 Å². The van der Waals surface area contributed by atoms with Crippen LogP contribution in [0.2, 0.25) is 0 Å². The van der Waals surface area contributed by atoms with Gasteiger partial charge in [-0.1, -0.05) is 11.3 Å². The highest BCUT2D eigenvalue weighted by Gasteiger charge is 2.26. The van der Waals surface area contributed by atoms with E-state index in [-0.39, 0.29) is 11.9 Å². The average Bonchev–Trinajstić information content (AvgIpc) is 2.97. The van der Waals surface area contributed by atoms with E-state index in [0.717, 1.165) is 40.7 Å². The molecule has 2 aromatic heterocycles. The molecule has 3 rings (SSSR count). The van der Waals surface area contributed by atoms with Crippen LogP contribution in [0.3, 0.4) is 0 Å². The number of hydrogen-bond acceptors (Lipinski definition) is 5. The first-order valence-electron chi connectivity index (χ1n) is 6.37. The van der Waals surface area contributed by atoms with Gasteiger partial charge in [-0.25, -0.2) is 9.67 Å². The van der Waals surface area contributed by atoms with Gasteiger partial charge in [-0.05, 0) is 13.3 Å². The van der Waals surface area contributed by atoms with Crippen LogP contribution in [-0.2, 0) is 11.8 Å². The van der Waals surface area contributed by atoms with Gasteiger partial charge < -0.3 is 10.2 Å². The van der Waals surface area contributed by atoms with Crippen molar-refractivity contribution < 1.29 is 4.79 Å². The van der Waals surface area contributed by atoms with Gasteiger partial charge in [0.15, 0.2) is 10.8 Å². The van der Waals surface area contributed by atoms with Crippen LogP contribution in [0, 0.1) is 6.92 Å². The molecular formula is C12H17N5OS. The third-order valence-electron chi connectivity index (χ3n) is 3.40. The first-order chi connectivity index (χ1) is 9.04. The highest BCUT2D eigenvalue weighted by Crippen LogP contribution is 2.32. The van der Waals surface area contributed by atoms with E-state index in [1.807, 2.05) is 18.7 Å². The Hall–Kier alpha value is -1.63. The van der Waals surface area contributed by atoms with Gasteiger partial charge in [-0.2, -0.15) is 5.10 Å². The number of nitrogens with one attached hydrogen (secondary N) is 1. The smallest absolute Gasteiger partial charge is 0.217 e. The molecule has 6 nitrogen and oxygen atoms in total. The van der Waals surface area contributed by atoms with Gasteiger partial charge in [0.25, 0.3) is 0 Å². The van der Waals surface area contributed by atoms with Gasteiger partial charge in [0.05, 0.1) is 10.4 Å².